The van der Waals surface area contributed by atoms with Crippen LogP contribution in [0.15, 0.2) is 42.6 Å². The lowest BCUT2D eigenvalue weighted by Crippen LogP contribution is -2.49. The first-order chi connectivity index (χ1) is 15.5. The van der Waals surface area contributed by atoms with E-state index >= 15 is 0 Å². The molecule has 1 aromatic heterocycles. The molecule has 1 aliphatic carbocycles. The smallest absolute Gasteiger partial charge is 0.339 e. The van der Waals surface area contributed by atoms with Crippen molar-refractivity contribution in [1.29, 1.82) is 0 Å². The van der Waals surface area contributed by atoms with Gasteiger partial charge in [0.25, 0.3) is 5.91 Å². The molecular weight excluding hydrogens is 408 g/mol. The Balaban J connectivity index is 1.29. The molecule has 1 saturated carbocycles. The lowest BCUT2D eigenvalue weighted by molar-refractivity contribution is -0.117. The number of benzene rings is 1. The molecule has 0 bridgehead atoms. The summed E-state index contributed by atoms with van der Waals surface area (Å²) in [5, 5.41) is 2.92. The van der Waals surface area contributed by atoms with E-state index in [1.165, 1.54) is 6.20 Å². The Kier molecular flexibility index (Phi) is 6.39. The van der Waals surface area contributed by atoms with Crippen LogP contribution in [0.3, 0.4) is 0 Å². The quantitative estimate of drug-likeness (QED) is 0.700. The number of esters is 1. The van der Waals surface area contributed by atoms with E-state index in [-0.39, 0.29) is 23.7 Å². The van der Waals surface area contributed by atoms with Crippen LogP contribution in [0.1, 0.15) is 41.0 Å². The Morgan fingerprint density at radius 1 is 1.03 bits per heavy atom. The van der Waals surface area contributed by atoms with Crippen LogP contribution in [-0.2, 0) is 9.53 Å². The molecule has 2 aliphatic rings. The van der Waals surface area contributed by atoms with E-state index in [9.17, 15) is 14.4 Å². The number of pyridine rings is 1. The minimum Gasteiger partial charge on any atom is -0.462 e. The van der Waals surface area contributed by atoms with Gasteiger partial charge in [-0.1, -0.05) is 6.92 Å². The van der Waals surface area contributed by atoms with Crippen LogP contribution >= 0.6 is 0 Å². The van der Waals surface area contributed by atoms with Crippen LogP contribution in [0.2, 0.25) is 0 Å². The average Bonchev–Trinajstić information content (AvgIpc) is 3.56. The van der Waals surface area contributed by atoms with Crippen molar-refractivity contribution in [3.63, 3.8) is 0 Å². The maximum Gasteiger partial charge on any atom is 0.339 e. The third kappa shape index (κ3) is 4.90. The summed E-state index contributed by atoms with van der Waals surface area (Å²) in [6.45, 7) is 6.64. The number of amides is 2. The largest absolute Gasteiger partial charge is 0.462 e. The van der Waals surface area contributed by atoms with Crippen molar-refractivity contribution in [2.75, 3.05) is 43.0 Å². The highest BCUT2D eigenvalue weighted by molar-refractivity contribution is 5.97. The first-order valence-electron chi connectivity index (χ1n) is 11.0. The molecule has 2 atom stereocenters. The first-order valence-corrected chi connectivity index (χ1v) is 11.0. The van der Waals surface area contributed by atoms with E-state index in [2.05, 4.69) is 22.1 Å². The molecule has 0 spiro atoms. The van der Waals surface area contributed by atoms with Crippen molar-refractivity contribution in [2.45, 2.75) is 20.3 Å². The summed E-state index contributed by atoms with van der Waals surface area (Å²) in [5.41, 5.74) is 1.75. The van der Waals surface area contributed by atoms with Gasteiger partial charge in [-0.2, -0.15) is 0 Å². The molecular formula is C24H28N4O4. The van der Waals surface area contributed by atoms with E-state index < -0.39 is 0 Å². The number of nitrogens with one attached hydrogen (secondary N) is 1. The Bertz CT molecular complexity index is 982. The Labute approximate surface area is 187 Å². The molecule has 2 unspecified atom stereocenters. The second-order valence-corrected chi connectivity index (χ2v) is 8.29. The summed E-state index contributed by atoms with van der Waals surface area (Å²) in [6.07, 6.45) is 2.47. The van der Waals surface area contributed by atoms with Crippen LogP contribution in [0, 0.1) is 11.8 Å². The van der Waals surface area contributed by atoms with Gasteiger partial charge in [0.1, 0.15) is 5.82 Å². The SMILES string of the molecule is CCOC(=O)c1ccc(N2CCN(C(=O)c3ccc(NC(=O)C4CC4C)cc3)CC2)nc1. The number of carbonyl (C=O) groups is 3. The van der Waals surface area contributed by atoms with Gasteiger partial charge in [-0.3, -0.25) is 9.59 Å². The number of piperazine rings is 1. The molecule has 1 N–H and O–H groups in total. The van der Waals surface area contributed by atoms with Crippen LogP contribution in [0.5, 0.6) is 0 Å². The summed E-state index contributed by atoms with van der Waals surface area (Å²) >= 11 is 0. The predicted octanol–water partition coefficient (Wildman–Crippen LogP) is 2.82. The van der Waals surface area contributed by atoms with Crippen LogP contribution in [0.4, 0.5) is 11.5 Å². The summed E-state index contributed by atoms with van der Waals surface area (Å²) in [7, 11) is 0. The highest BCUT2D eigenvalue weighted by Crippen LogP contribution is 2.38. The van der Waals surface area contributed by atoms with Crippen molar-refractivity contribution in [1.82, 2.24) is 9.88 Å². The van der Waals surface area contributed by atoms with Crippen LogP contribution in [0.25, 0.3) is 0 Å². The normalized spacial score (nSPS) is 19.9. The molecule has 2 heterocycles. The Morgan fingerprint density at radius 3 is 2.25 bits per heavy atom. The van der Waals surface area contributed by atoms with Gasteiger partial charge >= 0.3 is 5.97 Å². The van der Waals surface area contributed by atoms with Crippen molar-refractivity contribution in [2.24, 2.45) is 11.8 Å². The lowest BCUT2D eigenvalue weighted by atomic mass is 10.1. The van der Waals surface area contributed by atoms with E-state index in [0.29, 0.717) is 55.5 Å². The number of hydrogen-bond donors (Lipinski definition) is 1. The van der Waals surface area contributed by atoms with E-state index in [4.69, 9.17) is 4.74 Å². The second-order valence-electron chi connectivity index (χ2n) is 8.29. The van der Waals surface area contributed by atoms with Crippen molar-refractivity contribution in [3.05, 3.63) is 53.7 Å². The molecule has 32 heavy (non-hydrogen) atoms. The maximum atomic E-state index is 12.9. The second kappa shape index (κ2) is 9.38. The molecule has 1 aliphatic heterocycles. The minimum atomic E-state index is -0.380. The summed E-state index contributed by atoms with van der Waals surface area (Å²) in [6, 6.07) is 10.6. The number of nitrogens with zero attached hydrogens (tertiary/aromatic N) is 3. The molecule has 2 amide bonds. The number of rotatable bonds is 6. The van der Waals surface area contributed by atoms with Gasteiger partial charge in [-0.05, 0) is 55.7 Å². The van der Waals surface area contributed by atoms with Crippen LogP contribution in [-0.4, -0.2) is 60.5 Å². The summed E-state index contributed by atoms with van der Waals surface area (Å²) in [4.78, 5) is 45.0. The van der Waals surface area contributed by atoms with E-state index in [1.807, 2.05) is 4.90 Å². The molecule has 2 fully saturated rings. The highest BCUT2D eigenvalue weighted by Gasteiger charge is 2.39. The van der Waals surface area contributed by atoms with Crippen molar-refractivity contribution in [3.8, 4) is 0 Å². The van der Waals surface area contributed by atoms with Gasteiger partial charge in [0.2, 0.25) is 5.91 Å². The zero-order valence-electron chi connectivity index (χ0n) is 18.4. The number of hydrogen-bond acceptors (Lipinski definition) is 6. The minimum absolute atomic E-state index is 0.0241. The fraction of sp³-hybridized carbons (Fsp3) is 0.417. The zero-order valence-corrected chi connectivity index (χ0v) is 18.4. The Morgan fingerprint density at radius 2 is 1.69 bits per heavy atom. The first kappa shape index (κ1) is 21.8. The zero-order chi connectivity index (χ0) is 22.7. The number of anilines is 2. The standard InChI is InChI=1S/C24H28N4O4/c1-3-32-24(31)18-6-9-21(25-15-18)27-10-12-28(13-11-27)23(30)17-4-7-19(8-5-17)26-22(29)20-14-16(20)2/h4-9,15-16,20H,3,10-14H2,1-2H3,(H,26,29). The van der Waals surface area contributed by atoms with Gasteiger partial charge in [-0.25, -0.2) is 9.78 Å². The van der Waals surface area contributed by atoms with Gasteiger partial charge < -0.3 is 19.9 Å². The van der Waals surface area contributed by atoms with Crippen molar-refractivity contribution >= 4 is 29.3 Å². The van der Waals surface area contributed by atoms with Gasteiger partial charge in [0, 0.05) is 49.5 Å². The number of aromatic nitrogens is 1. The van der Waals surface area contributed by atoms with E-state index in [0.717, 1.165) is 12.2 Å². The predicted molar refractivity (Wildman–Crippen MR) is 121 cm³/mol. The van der Waals surface area contributed by atoms with Gasteiger partial charge in [0.05, 0.1) is 12.2 Å². The fourth-order valence-corrected chi connectivity index (χ4v) is 3.85. The number of ether oxygens (including phenoxy) is 1. The summed E-state index contributed by atoms with van der Waals surface area (Å²) < 4.78 is 4.98. The van der Waals surface area contributed by atoms with Crippen LogP contribution < -0.4 is 10.2 Å². The Hall–Kier alpha value is -3.42. The molecule has 1 saturated heterocycles. The lowest BCUT2D eigenvalue weighted by Gasteiger charge is -2.35. The van der Waals surface area contributed by atoms with Gasteiger partial charge in [-0.15, -0.1) is 0 Å². The molecule has 8 nitrogen and oxygen atoms in total. The molecule has 168 valence electrons. The third-order valence-electron chi connectivity index (χ3n) is 6.00. The third-order valence-corrected chi connectivity index (χ3v) is 6.00. The fourth-order valence-electron chi connectivity index (χ4n) is 3.85. The van der Waals surface area contributed by atoms with E-state index in [1.54, 1.807) is 43.3 Å². The average molecular weight is 437 g/mol. The maximum absolute atomic E-state index is 12.9. The molecule has 0 radical (unpaired) electrons. The highest BCUT2D eigenvalue weighted by atomic mass is 16.5. The molecule has 2 aromatic rings. The summed E-state index contributed by atoms with van der Waals surface area (Å²) in [5.74, 6) is 0.995. The molecule has 4 rings (SSSR count). The molecule has 1 aromatic carbocycles. The number of carbonyl (C=O) groups excluding carboxylic acids is 3. The van der Waals surface area contributed by atoms with Gasteiger partial charge in [0.15, 0.2) is 0 Å². The monoisotopic (exact) mass is 436 g/mol. The topological polar surface area (TPSA) is 91.8 Å². The van der Waals surface area contributed by atoms with Crippen molar-refractivity contribution < 1.29 is 19.1 Å². The molecule has 8 heteroatoms.